The van der Waals surface area contributed by atoms with Crippen molar-refractivity contribution in [3.8, 4) is 17.0 Å². The summed E-state index contributed by atoms with van der Waals surface area (Å²) < 4.78 is 10.6. The van der Waals surface area contributed by atoms with Crippen molar-refractivity contribution in [1.82, 2.24) is 15.2 Å². The van der Waals surface area contributed by atoms with Crippen molar-refractivity contribution in [2.45, 2.75) is 0 Å². The Morgan fingerprint density at radius 1 is 1.15 bits per heavy atom. The van der Waals surface area contributed by atoms with Gasteiger partial charge in [-0.15, -0.1) is 6.58 Å². The highest BCUT2D eigenvalue weighted by molar-refractivity contribution is 5.99. The number of nitrogens with zero attached hydrogens (tertiary/aromatic N) is 3. The van der Waals surface area contributed by atoms with E-state index in [-0.39, 0.29) is 11.8 Å². The molecule has 0 atom stereocenters. The van der Waals surface area contributed by atoms with Crippen LogP contribution < -0.4 is 15.0 Å². The molecular formula is C25H26N4O4. The van der Waals surface area contributed by atoms with Gasteiger partial charge in [0.15, 0.2) is 5.76 Å². The van der Waals surface area contributed by atoms with Gasteiger partial charge in [0.05, 0.1) is 24.6 Å². The molecule has 170 valence electrons. The minimum atomic E-state index is -0.219. The molecule has 8 nitrogen and oxygen atoms in total. The summed E-state index contributed by atoms with van der Waals surface area (Å²) >= 11 is 0. The number of anilines is 1. The lowest BCUT2D eigenvalue weighted by Gasteiger charge is -2.35. The lowest BCUT2D eigenvalue weighted by atomic mass is 10.1. The van der Waals surface area contributed by atoms with Crippen molar-refractivity contribution in [3.63, 3.8) is 0 Å². The molecule has 8 heteroatoms. The number of nitrogens with one attached hydrogen (secondary N) is 1. The molecule has 1 aliphatic heterocycles. The monoisotopic (exact) mass is 446 g/mol. The summed E-state index contributed by atoms with van der Waals surface area (Å²) in [6, 6.07) is 14.6. The first-order valence-electron chi connectivity index (χ1n) is 10.7. The Bertz CT molecular complexity index is 1140. The fraction of sp³-hybridized carbons (Fsp3) is 0.240. The van der Waals surface area contributed by atoms with E-state index < -0.39 is 0 Å². The molecule has 0 bridgehead atoms. The number of rotatable bonds is 7. The standard InChI is InChI=1S/C25H26N4O4/c1-3-11-26-24(30)20-9-10-21(18-6-4-7-19(17-18)32-2)27-23(20)28-12-14-29(15-13-28)25(31)22-8-5-16-33-22/h3-10,16-17H,1,11-15H2,2H3,(H,26,30). The lowest BCUT2D eigenvalue weighted by molar-refractivity contribution is 0.0713. The second kappa shape index (κ2) is 10.0. The number of ether oxygens (including phenoxy) is 1. The van der Waals surface area contributed by atoms with Gasteiger partial charge in [0.1, 0.15) is 11.6 Å². The van der Waals surface area contributed by atoms with E-state index in [0.29, 0.717) is 49.9 Å². The number of carbonyl (C=O) groups is 2. The molecule has 0 unspecified atom stereocenters. The van der Waals surface area contributed by atoms with Gasteiger partial charge in [-0.3, -0.25) is 9.59 Å². The zero-order chi connectivity index (χ0) is 23.2. The molecule has 33 heavy (non-hydrogen) atoms. The first-order chi connectivity index (χ1) is 16.1. The zero-order valence-corrected chi connectivity index (χ0v) is 18.5. The Morgan fingerprint density at radius 2 is 1.97 bits per heavy atom. The van der Waals surface area contributed by atoms with Crippen molar-refractivity contribution in [1.29, 1.82) is 0 Å². The first-order valence-corrected chi connectivity index (χ1v) is 10.7. The molecule has 1 aliphatic rings. The average Bonchev–Trinajstić information content (AvgIpc) is 3.42. The van der Waals surface area contributed by atoms with E-state index >= 15 is 0 Å². The quantitative estimate of drug-likeness (QED) is 0.561. The third-order valence-electron chi connectivity index (χ3n) is 5.49. The van der Waals surface area contributed by atoms with Gasteiger partial charge < -0.3 is 24.3 Å². The molecule has 1 saturated heterocycles. The minimum absolute atomic E-state index is 0.137. The van der Waals surface area contributed by atoms with Crippen LogP contribution in [0.5, 0.6) is 5.75 Å². The molecule has 2 aromatic heterocycles. The molecule has 1 N–H and O–H groups in total. The maximum Gasteiger partial charge on any atom is 0.289 e. The van der Waals surface area contributed by atoms with E-state index in [1.807, 2.05) is 35.2 Å². The highest BCUT2D eigenvalue weighted by Crippen LogP contribution is 2.28. The Kier molecular flexibility index (Phi) is 6.73. The summed E-state index contributed by atoms with van der Waals surface area (Å²) in [6.45, 7) is 6.10. The predicted octanol–water partition coefficient (Wildman–Crippen LogP) is 3.23. The molecule has 0 spiro atoms. The first kappa shape index (κ1) is 22.1. The van der Waals surface area contributed by atoms with Crippen molar-refractivity contribution in [3.05, 3.63) is 78.8 Å². The van der Waals surface area contributed by atoms with E-state index in [9.17, 15) is 9.59 Å². The van der Waals surface area contributed by atoms with Crippen molar-refractivity contribution < 1.29 is 18.7 Å². The van der Waals surface area contributed by atoms with Crippen LogP contribution in [-0.4, -0.2) is 61.5 Å². The van der Waals surface area contributed by atoms with Gasteiger partial charge in [0.2, 0.25) is 0 Å². The average molecular weight is 447 g/mol. The molecule has 4 rings (SSSR count). The second-order valence-corrected chi connectivity index (χ2v) is 7.55. The van der Waals surface area contributed by atoms with Crippen LogP contribution >= 0.6 is 0 Å². The Morgan fingerprint density at radius 3 is 2.67 bits per heavy atom. The van der Waals surface area contributed by atoms with Gasteiger partial charge in [-0.2, -0.15) is 0 Å². The van der Waals surface area contributed by atoms with Crippen molar-refractivity contribution in [2.24, 2.45) is 0 Å². The third kappa shape index (κ3) is 4.90. The van der Waals surface area contributed by atoms with Gasteiger partial charge >= 0.3 is 0 Å². The van der Waals surface area contributed by atoms with Gasteiger partial charge in [0, 0.05) is 38.3 Å². The number of aromatic nitrogens is 1. The topological polar surface area (TPSA) is 87.9 Å². The van der Waals surface area contributed by atoms with Crippen LogP contribution in [0.2, 0.25) is 0 Å². The number of methoxy groups -OCH3 is 1. The summed E-state index contributed by atoms with van der Waals surface area (Å²) in [5.41, 5.74) is 2.10. The summed E-state index contributed by atoms with van der Waals surface area (Å²) in [7, 11) is 1.62. The van der Waals surface area contributed by atoms with E-state index in [0.717, 1.165) is 17.0 Å². The van der Waals surface area contributed by atoms with E-state index in [4.69, 9.17) is 14.1 Å². The summed E-state index contributed by atoms with van der Waals surface area (Å²) in [5.74, 6) is 1.28. The number of furan rings is 1. The number of hydrogen-bond acceptors (Lipinski definition) is 6. The second-order valence-electron chi connectivity index (χ2n) is 7.55. The van der Waals surface area contributed by atoms with Crippen LogP contribution in [0.15, 0.2) is 71.9 Å². The summed E-state index contributed by atoms with van der Waals surface area (Å²) in [6.07, 6.45) is 3.13. The zero-order valence-electron chi connectivity index (χ0n) is 18.5. The van der Waals surface area contributed by atoms with E-state index in [1.54, 1.807) is 36.3 Å². The Labute approximate surface area is 192 Å². The normalized spacial score (nSPS) is 13.5. The predicted molar refractivity (Wildman–Crippen MR) is 126 cm³/mol. The maximum atomic E-state index is 12.8. The molecule has 0 saturated carbocycles. The minimum Gasteiger partial charge on any atom is -0.497 e. The largest absolute Gasteiger partial charge is 0.497 e. The van der Waals surface area contributed by atoms with Crippen LogP contribution in [0, 0.1) is 0 Å². The molecular weight excluding hydrogens is 420 g/mol. The fourth-order valence-corrected chi connectivity index (χ4v) is 3.75. The summed E-state index contributed by atoms with van der Waals surface area (Å²) in [5, 5.41) is 2.83. The van der Waals surface area contributed by atoms with Crippen LogP contribution in [0.1, 0.15) is 20.9 Å². The fourth-order valence-electron chi connectivity index (χ4n) is 3.75. The highest BCUT2D eigenvalue weighted by atomic mass is 16.5. The van der Waals surface area contributed by atoms with Crippen molar-refractivity contribution >= 4 is 17.6 Å². The van der Waals surface area contributed by atoms with Crippen LogP contribution in [0.3, 0.4) is 0 Å². The molecule has 1 fully saturated rings. The van der Waals surface area contributed by atoms with Gasteiger partial charge in [-0.25, -0.2) is 4.98 Å². The Hall–Kier alpha value is -4.07. The number of piperazine rings is 1. The van der Waals surface area contributed by atoms with Crippen LogP contribution in [0.4, 0.5) is 5.82 Å². The van der Waals surface area contributed by atoms with E-state index in [2.05, 4.69) is 11.9 Å². The lowest BCUT2D eigenvalue weighted by Crippen LogP contribution is -2.49. The van der Waals surface area contributed by atoms with Crippen LogP contribution in [-0.2, 0) is 0 Å². The molecule has 0 radical (unpaired) electrons. The number of pyridine rings is 1. The van der Waals surface area contributed by atoms with Crippen LogP contribution in [0.25, 0.3) is 11.3 Å². The smallest absolute Gasteiger partial charge is 0.289 e. The number of carbonyl (C=O) groups excluding carboxylic acids is 2. The molecule has 3 heterocycles. The SMILES string of the molecule is C=CCNC(=O)c1ccc(-c2cccc(OC)c2)nc1N1CCN(C(=O)c2ccco2)CC1. The molecule has 2 amide bonds. The Balaban J connectivity index is 1.60. The third-order valence-corrected chi connectivity index (χ3v) is 5.49. The van der Waals surface area contributed by atoms with Gasteiger partial charge in [-0.05, 0) is 36.4 Å². The highest BCUT2D eigenvalue weighted by Gasteiger charge is 2.27. The maximum absolute atomic E-state index is 12.8. The number of hydrogen-bond donors (Lipinski definition) is 1. The van der Waals surface area contributed by atoms with Gasteiger partial charge in [-0.1, -0.05) is 18.2 Å². The van der Waals surface area contributed by atoms with Gasteiger partial charge in [0.25, 0.3) is 11.8 Å². The summed E-state index contributed by atoms with van der Waals surface area (Å²) in [4.78, 5) is 34.1. The molecule has 0 aliphatic carbocycles. The molecule has 3 aromatic rings. The van der Waals surface area contributed by atoms with Crippen molar-refractivity contribution in [2.75, 3.05) is 44.7 Å². The number of benzene rings is 1. The van der Waals surface area contributed by atoms with E-state index in [1.165, 1.54) is 6.26 Å². The number of amides is 2. The molecule has 1 aromatic carbocycles.